The molecular weight excluding hydrogens is 226 g/mol. The van der Waals surface area contributed by atoms with Gasteiger partial charge in [0.1, 0.15) is 0 Å². The van der Waals surface area contributed by atoms with E-state index in [1.807, 2.05) is 17.5 Å². The third kappa shape index (κ3) is 1.92. The first-order chi connectivity index (χ1) is 7.72. The molecule has 0 radical (unpaired) electrons. The highest BCUT2D eigenvalue weighted by molar-refractivity contribution is 7.13. The monoisotopic (exact) mass is 237 g/mol. The minimum Gasteiger partial charge on any atom is -0.461 e. The summed E-state index contributed by atoms with van der Waals surface area (Å²) < 4.78 is 4.85. The van der Waals surface area contributed by atoms with Gasteiger partial charge in [0.25, 0.3) is 0 Å². The molecule has 0 amide bonds. The predicted octanol–water partition coefficient (Wildman–Crippen LogP) is 1.90. The van der Waals surface area contributed by atoms with Crippen molar-refractivity contribution in [2.75, 3.05) is 12.3 Å². The Morgan fingerprint density at radius 2 is 2.50 bits per heavy atom. The van der Waals surface area contributed by atoms with Gasteiger partial charge in [-0.15, -0.1) is 11.3 Å². The first-order valence-corrected chi connectivity index (χ1v) is 5.66. The Morgan fingerprint density at radius 3 is 3.12 bits per heavy atom. The second kappa shape index (κ2) is 4.36. The third-order valence-electron chi connectivity index (χ3n) is 1.97. The molecule has 6 heteroatoms. The van der Waals surface area contributed by atoms with Crippen molar-refractivity contribution in [1.82, 2.24) is 9.97 Å². The molecule has 0 aliphatic rings. The number of carbonyl (C=O) groups is 1. The van der Waals surface area contributed by atoms with Crippen molar-refractivity contribution in [1.29, 1.82) is 0 Å². The van der Waals surface area contributed by atoms with E-state index < -0.39 is 5.97 Å². The van der Waals surface area contributed by atoms with Crippen LogP contribution in [0.15, 0.2) is 17.5 Å². The number of esters is 1. The van der Waals surface area contributed by atoms with Crippen LogP contribution in [0.4, 0.5) is 5.82 Å². The smallest absolute Gasteiger partial charge is 0.358 e. The van der Waals surface area contributed by atoms with Crippen LogP contribution in [0, 0.1) is 0 Å². The molecule has 0 saturated carbocycles. The lowest BCUT2D eigenvalue weighted by atomic mass is 10.4. The molecule has 2 aromatic rings. The van der Waals surface area contributed by atoms with Gasteiger partial charge in [-0.2, -0.15) is 0 Å². The summed E-state index contributed by atoms with van der Waals surface area (Å²) in [6, 6.07) is 3.81. The van der Waals surface area contributed by atoms with Crippen LogP contribution in [-0.4, -0.2) is 22.5 Å². The number of nitrogens with two attached hydrogens (primary N) is 1. The number of thiophene rings is 1. The van der Waals surface area contributed by atoms with E-state index in [4.69, 9.17) is 10.5 Å². The molecule has 0 aromatic carbocycles. The normalized spacial score (nSPS) is 10.3. The van der Waals surface area contributed by atoms with Gasteiger partial charge in [-0.25, -0.2) is 9.78 Å². The van der Waals surface area contributed by atoms with Crippen LogP contribution >= 0.6 is 11.3 Å². The van der Waals surface area contributed by atoms with E-state index in [1.165, 1.54) is 11.3 Å². The Kier molecular flexibility index (Phi) is 2.91. The van der Waals surface area contributed by atoms with E-state index >= 15 is 0 Å². The summed E-state index contributed by atoms with van der Waals surface area (Å²) in [4.78, 5) is 19.4. The molecule has 0 aliphatic carbocycles. The highest BCUT2D eigenvalue weighted by Crippen LogP contribution is 2.24. The van der Waals surface area contributed by atoms with Crippen molar-refractivity contribution in [3.8, 4) is 10.7 Å². The number of anilines is 1. The maximum Gasteiger partial charge on any atom is 0.358 e. The minimum absolute atomic E-state index is 0.168. The Labute approximate surface area is 96.3 Å². The Hall–Kier alpha value is -1.82. The quantitative estimate of drug-likeness (QED) is 0.799. The molecule has 5 nitrogen and oxygen atoms in total. The molecule has 0 aliphatic heterocycles. The third-order valence-corrected chi connectivity index (χ3v) is 2.84. The summed E-state index contributed by atoms with van der Waals surface area (Å²) in [6.45, 7) is 2.05. The summed E-state index contributed by atoms with van der Waals surface area (Å²) >= 11 is 1.52. The van der Waals surface area contributed by atoms with Crippen molar-refractivity contribution in [3.05, 3.63) is 23.2 Å². The molecule has 3 N–H and O–H groups in total. The fourth-order valence-electron chi connectivity index (χ4n) is 1.28. The molecule has 0 unspecified atom stereocenters. The molecule has 16 heavy (non-hydrogen) atoms. The molecule has 0 atom stereocenters. The molecule has 0 bridgehead atoms. The SMILES string of the molecule is CCOC(=O)c1[nH]c(-c2cccs2)nc1N. The van der Waals surface area contributed by atoms with Crippen LogP contribution in [0.1, 0.15) is 17.4 Å². The topological polar surface area (TPSA) is 81.0 Å². The van der Waals surface area contributed by atoms with Crippen molar-refractivity contribution in [2.45, 2.75) is 6.92 Å². The summed E-state index contributed by atoms with van der Waals surface area (Å²) in [7, 11) is 0. The number of hydrogen-bond acceptors (Lipinski definition) is 5. The summed E-state index contributed by atoms with van der Waals surface area (Å²) in [5.74, 6) is 0.285. The average Bonchev–Trinajstić information content (AvgIpc) is 2.86. The number of H-pyrrole nitrogens is 1. The van der Waals surface area contributed by atoms with Crippen molar-refractivity contribution in [3.63, 3.8) is 0 Å². The number of nitrogens with one attached hydrogen (secondary N) is 1. The zero-order valence-corrected chi connectivity index (χ0v) is 9.50. The van der Waals surface area contributed by atoms with Gasteiger partial charge in [0.05, 0.1) is 11.5 Å². The molecule has 84 valence electrons. The van der Waals surface area contributed by atoms with Crippen molar-refractivity contribution < 1.29 is 9.53 Å². The van der Waals surface area contributed by atoms with E-state index in [9.17, 15) is 4.79 Å². The first kappa shape index (κ1) is 10.7. The molecule has 2 aromatic heterocycles. The lowest BCUT2D eigenvalue weighted by Crippen LogP contribution is -2.07. The van der Waals surface area contributed by atoms with Crippen molar-refractivity contribution in [2.24, 2.45) is 0 Å². The standard InChI is InChI=1S/C10H11N3O2S/c1-2-15-10(14)7-8(11)13-9(12-7)6-4-3-5-16-6/h3-5H,2,11H2,1H3,(H,12,13). The van der Waals surface area contributed by atoms with Gasteiger partial charge in [-0.05, 0) is 18.4 Å². The van der Waals surface area contributed by atoms with E-state index in [0.717, 1.165) is 4.88 Å². The second-order valence-electron chi connectivity index (χ2n) is 3.04. The second-order valence-corrected chi connectivity index (χ2v) is 3.99. The van der Waals surface area contributed by atoms with Gasteiger partial charge >= 0.3 is 5.97 Å². The molecule has 0 spiro atoms. The molecule has 2 rings (SSSR count). The number of carbonyl (C=O) groups excluding carboxylic acids is 1. The lowest BCUT2D eigenvalue weighted by molar-refractivity contribution is 0.0521. The number of ether oxygens (including phenoxy) is 1. The molecule has 0 fully saturated rings. The number of imidazole rings is 1. The highest BCUT2D eigenvalue weighted by atomic mass is 32.1. The Morgan fingerprint density at radius 1 is 1.69 bits per heavy atom. The van der Waals surface area contributed by atoms with Crippen LogP contribution in [0.3, 0.4) is 0 Å². The maximum atomic E-state index is 11.5. The van der Waals surface area contributed by atoms with E-state index in [-0.39, 0.29) is 11.5 Å². The summed E-state index contributed by atoms with van der Waals surface area (Å²) in [6.07, 6.45) is 0. The lowest BCUT2D eigenvalue weighted by Gasteiger charge is -1.98. The minimum atomic E-state index is -0.477. The zero-order valence-electron chi connectivity index (χ0n) is 8.69. The van der Waals surface area contributed by atoms with Crippen LogP contribution in [0.25, 0.3) is 10.7 Å². The number of hydrogen-bond donors (Lipinski definition) is 2. The number of aromatic nitrogens is 2. The van der Waals surface area contributed by atoms with Gasteiger partial charge in [0.2, 0.25) is 0 Å². The molecule has 2 heterocycles. The van der Waals surface area contributed by atoms with Gasteiger partial charge in [-0.3, -0.25) is 0 Å². The van der Waals surface area contributed by atoms with Crippen molar-refractivity contribution >= 4 is 23.1 Å². The highest BCUT2D eigenvalue weighted by Gasteiger charge is 2.17. The van der Waals surface area contributed by atoms with Crippen LogP contribution in [0.2, 0.25) is 0 Å². The Bertz CT molecular complexity index is 490. The Balaban J connectivity index is 2.32. The summed E-state index contributed by atoms with van der Waals surface area (Å²) in [5, 5.41) is 1.93. The summed E-state index contributed by atoms with van der Waals surface area (Å²) in [5.41, 5.74) is 5.85. The molecule has 0 saturated heterocycles. The van der Waals surface area contributed by atoms with E-state index in [2.05, 4.69) is 9.97 Å². The van der Waals surface area contributed by atoms with E-state index in [0.29, 0.717) is 12.4 Å². The van der Waals surface area contributed by atoms with Gasteiger partial charge in [0.15, 0.2) is 17.3 Å². The molecular formula is C10H11N3O2S. The van der Waals surface area contributed by atoms with Gasteiger partial charge < -0.3 is 15.5 Å². The number of aromatic amines is 1. The number of nitrogens with zero attached hydrogens (tertiary/aromatic N) is 1. The fourth-order valence-corrected chi connectivity index (χ4v) is 1.94. The number of nitrogen functional groups attached to an aromatic ring is 1. The fraction of sp³-hybridized carbons (Fsp3) is 0.200. The van der Waals surface area contributed by atoms with Crippen LogP contribution in [-0.2, 0) is 4.74 Å². The van der Waals surface area contributed by atoms with Crippen LogP contribution in [0.5, 0.6) is 0 Å². The number of rotatable bonds is 3. The predicted molar refractivity (Wildman–Crippen MR) is 62.3 cm³/mol. The first-order valence-electron chi connectivity index (χ1n) is 4.79. The average molecular weight is 237 g/mol. The maximum absolute atomic E-state index is 11.5. The van der Waals surface area contributed by atoms with Gasteiger partial charge in [0, 0.05) is 0 Å². The largest absolute Gasteiger partial charge is 0.461 e. The van der Waals surface area contributed by atoms with E-state index in [1.54, 1.807) is 6.92 Å². The zero-order chi connectivity index (χ0) is 11.5. The van der Waals surface area contributed by atoms with Gasteiger partial charge in [-0.1, -0.05) is 6.07 Å². The van der Waals surface area contributed by atoms with Crippen LogP contribution < -0.4 is 5.73 Å².